The van der Waals surface area contributed by atoms with Crippen LogP contribution in [0, 0.1) is 5.82 Å². The zero-order valence-corrected chi connectivity index (χ0v) is 22.0. The Morgan fingerprint density at radius 3 is 2.37 bits per heavy atom. The van der Waals surface area contributed by atoms with Gasteiger partial charge in [0.1, 0.15) is 11.6 Å². The van der Waals surface area contributed by atoms with Crippen molar-refractivity contribution in [1.29, 1.82) is 0 Å². The van der Waals surface area contributed by atoms with Gasteiger partial charge < -0.3 is 14.7 Å². The number of allylic oxidation sites excluding steroid dienone is 1. The van der Waals surface area contributed by atoms with Crippen molar-refractivity contribution in [2.75, 3.05) is 40.3 Å². The fourth-order valence-corrected chi connectivity index (χ4v) is 4.49. The number of halogens is 1. The Bertz CT molecular complexity index is 1330. The van der Waals surface area contributed by atoms with E-state index in [0.717, 1.165) is 37.3 Å². The summed E-state index contributed by atoms with van der Waals surface area (Å²) in [6.45, 7) is 6.33. The van der Waals surface area contributed by atoms with Gasteiger partial charge in [0, 0.05) is 49.4 Å². The van der Waals surface area contributed by atoms with Crippen molar-refractivity contribution in [3.05, 3.63) is 94.8 Å². The number of rotatable bonds is 8. The third kappa shape index (κ3) is 6.54. The third-order valence-corrected chi connectivity index (χ3v) is 7.05. The number of phenolic OH excluding ortho intramolecular Hbond substituents is 1. The first-order valence-corrected chi connectivity index (χ1v) is 12.7. The smallest absolute Gasteiger partial charge is 0.312 e. The van der Waals surface area contributed by atoms with E-state index >= 15 is 0 Å². The second-order valence-electron chi connectivity index (χ2n) is 9.73. The second-order valence-corrected chi connectivity index (χ2v) is 9.73. The van der Waals surface area contributed by atoms with Gasteiger partial charge in [-0.25, -0.2) is 4.39 Å². The van der Waals surface area contributed by atoms with Crippen LogP contribution in [0.1, 0.15) is 39.9 Å². The highest BCUT2D eigenvalue weighted by Gasteiger charge is 2.18. The van der Waals surface area contributed by atoms with Gasteiger partial charge in [0.15, 0.2) is 5.78 Å². The van der Waals surface area contributed by atoms with Gasteiger partial charge in [0.05, 0.1) is 13.0 Å². The number of carbonyl (C=O) groups is 2. The van der Waals surface area contributed by atoms with Gasteiger partial charge in [-0.2, -0.15) is 0 Å². The molecule has 0 radical (unpaired) electrons. The Morgan fingerprint density at radius 1 is 1.03 bits per heavy atom. The standard InChI is InChI=1S/C31H33FN2O4/c1-21(31(37)38-3)25-11-12-27(28(32)19-25)23-7-9-24(10-8-23)29(35)13-5-22-4-6-26(30(36)18-22)20-34-16-14-33(2)15-17-34/h4-13,18-19,21,36H,14-17,20H2,1-3H3/b13-5+. The van der Waals surface area contributed by atoms with Crippen molar-refractivity contribution in [2.24, 2.45) is 0 Å². The summed E-state index contributed by atoms with van der Waals surface area (Å²) in [6.07, 6.45) is 3.14. The molecule has 1 atom stereocenters. The molecule has 1 aliphatic rings. The summed E-state index contributed by atoms with van der Waals surface area (Å²) in [5.74, 6) is -1.42. The summed E-state index contributed by atoms with van der Waals surface area (Å²) in [6, 6.07) is 16.8. The van der Waals surface area contributed by atoms with Gasteiger partial charge in [0.2, 0.25) is 0 Å². The molecule has 1 saturated heterocycles. The lowest BCUT2D eigenvalue weighted by atomic mass is 9.96. The number of benzene rings is 3. The highest BCUT2D eigenvalue weighted by Crippen LogP contribution is 2.27. The minimum absolute atomic E-state index is 0.194. The van der Waals surface area contributed by atoms with E-state index in [1.165, 1.54) is 19.3 Å². The van der Waals surface area contributed by atoms with Crippen LogP contribution in [0.5, 0.6) is 5.75 Å². The summed E-state index contributed by atoms with van der Waals surface area (Å²) in [4.78, 5) is 29.1. The first-order valence-electron chi connectivity index (χ1n) is 12.7. The van der Waals surface area contributed by atoms with E-state index < -0.39 is 17.7 Å². The maximum atomic E-state index is 14.8. The average Bonchev–Trinajstić information content (AvgIpc) is 2.93. The molecule has 0 spiro atoms. The number of methoxy groups -OCH3 is 1. The molecule has 198 valence electrons. The molecule has 0 bridgehead atoms. The van der Waals surface area contributed by atoms with E-state index in [4.69, 9.17) is 4.74 Å². The number of hydrogen-bond donors (Lipinski definition) is 1. The van der Waals surface area contributed by atoms with Crippen LogP contribution in [0.15, 0.2) is 66.7 Å². The number of ketones is 1. The van der Waals surface area contributed by atoms with E-state index in [1.54, 1.807) is 55.5 Å². The number of likely N-dealkylation sites (N-methyl/N-ethyl adjacent to an activating group) is 1. The van der Waals surface area contributed by atoms with Gasteiger partial charge in [0.25, 0.3) is 0 Å². The highest BCUT2D eigenvalue weighted by molar-refractivity contribution is 6.07. The molecule has 0 amide bonds. The van der Waals surface area contributed by atoms with Crippen LogP contribution in [0.25, 0.3) is 17.2 Å². The number of nitrogens with zero attached hydrogens (tertiary/aromatic N) is 2. The van der Waals surface area contributed by atoms with Crippen LogP contribution in [-0.4, -0.2) is 67.0 Å². The Hall–Kier alpha value is -3.81. The van der Waals surface area contributed by atoms with E-state index in [1.807, 2.05) is 12.1 Å². The Labute approximate surface area is 223 Å². The zero-order chi connectivity index (χ0) is 27.2. The van der Waals surface area contributed by atoms with E-state index in [2.05, 4.69) is 16.8 Å². The van der Waals surface area contributed by atoms with Gasteiger partial charge in [-0.3, -0.25) is 14.5 Å². The molecular weight excluding hydrogens is 483 g/mol. The molecule has 1 fully saturated rings. The molecule has 1 unspecified atom stereocenters. The van der Waals surface area contributed by atoms with Gasteiger partial charge >= 0.3 is 5.97 Å². The molecule has 0 aromatic heterocycles. The van der Waals surface area contributed by atoms with Crippen molar-refractivity contribution in [3.8, 4) is 16.9 Å². The van der Waals surface area contributed by atoms with Gasteiger partial charge in [-0.05, 0) is 48.9 Å². The summed E-state index contributed by atoms with van der Waals surface area (Å²) < 4.78 is 19.5. The highest BCUT2D eigenvalue weighted by atomic mass is 19.1. The summed E-state index contributed by atoms with van der Waals surface area (Å²) in [5, 5.41) is 10.5. The predicted molar refractivity (Wildman–Crippen MR) is 147 cm³/mol. The molecule has 38 heavy (non-hydrogen) atoms. The number of esters is 1. The number of ether oxygens (including phenoxy) is 1. The molecule has 1 aliphatic heterocycles. The van der Waals surface area contributed by atoms with Crippen LogP contribution in [0.3, 0.4) is 0 Å². The molecule has 3 aromatic carbocycles. The zero-order valence-electron chi connectivity index (χ0n) is 22.0. The van der Waals surface area contributed by atoms with E-state index in [0.29, 0.717) is 28.8 Å². The van der Waals surface area contributed by atoms with E-state index in [9.17, 15) is 19.1 Å². The number of aromatic hydroxyl groups is 1. The number of piperazine rings is 1. The molecule has 0 saturated carbocycles. The fourth-order valence-electron chi connectivity index (χ4n) is 4.49. The maximum Gasteiger partial charge on any atom is 0.312 e. The summed E-state index contributed by atoms with van der Waals surface area (Å²) in [5.41, 5.74) is 3.62. The maximum absolute atomic E-state index is 14.8. The molecule has 1 N–H and O–H groups in total. The van der Waals surface area contributed by atoms with Crippen LogP contribution >= 0.6 is 0 Å². The third-order valence-electron chi connectivity index (χ3n) is 7.05. The first-order chi connectivity index (χ1) is 18.2. The quantitative estimate of drug-likeness (QED) is 0.255. The Morgan fingerprint density at radius 2 is 1.74 bits per heavy atom. The number of hydrogen-bond acceptors (Lipinski definition) is 6. The minimum atomic E-state index is -0.564. The van der Waals surface area contributed by atoms with Crippen LogP contribution in [0.2, 0.25) is 0 Å². The molecule has 6 nitrogen and oxygen atoms in total. The molecular formula is C31H33FN2O4. The summed E-state index contributed by atoms with van der Waals surface area (Å²) >= 11 is 0. The molecule has 7 heteroatoms. The lowest BCUT2D eigenvalue weighted by Gasteiger charge is -2.32. The topological polar surface area (TPSA) is 70.1 Å². The van der Waals surface area contributed by atoms with Crippen molar-refractivity contribution in [2.45, 2.75) is 19.4 Å². The first kappa shape index (κ1) is 27.2. The van der Waals surface area contributed by atoms with Crippen LogP contribution in [-0.2, 0) is 16.1 Å². The Kier molecular flexibility index (Phi) is 8.71. The van der Waals surface area contributed by atoms with E-state index in [-0.39, 0.29) is 11.5 Å². The number of carbonyl (C=O) groups excluding carboxylic acids is 2. The van der Waals surface area contributed by atoms with Crippen molar-refractivity contribution in [3.63, 3.8) is 0 Å². The van der Waals surface area contributed by atoms with Crippen molar-refractivity contribution < 1.29 is 23.8 Å². The fraction of sp³-hybridized carbons (Fsp3) is 0.290. The van der Waals surface area contributed by atoms with Gasteiger partial charge in [-0.15, -0.1) is 0 Å². The molecule has 1 heterocycles. The monoisotopic (exact) mass is 516 g/mol. The predicted octanol–water partition coefficient (Wildman–Crippen LogP) is 5.12. The van der Waals surface area contributed by atoms with Crippen molar-refractivity contribution >= 4 is 17.8 Å². The Balaban J connectivity index is 1.40. The SMILES string of the molecule is COC(=O)C(C)c1ccc(-c2ccc(C(=O)/C=C/c3ccc(CN4CCN(C)CC4)c(O)c3)cc2)c(F)c1. The number of phenols is 1. The van der Waals surface area contributed by atoms with Crippen molar-refractivity contribution in [1.82, 2.24) is 9.80 Å². The molecule has 0 aliphatic carbocycles. The lowest BCUT2D eigenvalue weighted by Crippen LogP contribution is -2.43. The largest absolute Gasteiger partial charge is 0.508 e. The molecule has 4 rings (SSSR count). The average molecular weight is 517 g/mol. The van der Waals surface area contributed by atoms with Crippen LogP contribution < -0.4 is 0 Å². The molecule has 3 aromatic rings. The van der Waals surface area contributed by atoms with Crippen LogP contribution in [0.4, 0.5) is 4.39 Å². The minimum Gasteiger partial charge on any atom is -0.508 e. The summed E-state index contributed by atoms with van der Waals surface area (Å²) in [7, 11) is 3.41. The van der Waals surface area contributed by atoms with Gasteiger partial charge in [-0.1, -0.05) is 54.6 Å². The second kappa shape index (κ2) is 12.2. The normalized spacial score (nSPS) is 15.5. The lowest BCUT2D eigenvalue weighted by molar-refractivity contribution is -0.142.